The summed E-state index contributed by atoms with van der Waals surface area (Å²) in [6, 6.07) is 2.57. The summed E-state index contributed by atoms with van der Waals surface area (Å²) in [5.41, 5.74) is 6.86. The average molecular weight is 259 g/mol. The van der Waals surface area contributed by atoms with E-state index in [9.17, 15) is 0 Å². The quantitative estimate of drug-likeness (QED) is 0.894. The van der Waals surface area contributed by atoms with Crippen molar-refractivity contribution in [2.45, 2.75) is 32.9 Å². The molecular weight excluding hydrogens is 236 g/mol. The van der Waals surface area contributed by atoms with Crippen LogP contribution in [0.5, 0.6) is 0 Å². The van der Waals surface area contributed by atoms with Crippen molar-refractivity contribution < 1.29 is 0 Å². The van der Waals surface area contributed by atoms with Crippen LogP contribution in [-0.4, -0.2) is 34.3 Å². The maximum Gasteiger partial charge on any atom is 0.0764 e. The summed E-state index contributed by atoms with van der Waals surface area (Å²) >= 11 is 0. The van der Waals surface area contributed by atoms with E-state index in [1.807, 2.05) is 4.68 Å². The number of nitrogens with zero attached hydrogens (tertiary/aromatic N) is 3. The minimum absolute atomic E-state index is 0. The van der Waals surface area contributed by atoms with Crippen LogP contribution in [0, 0.1) is 5.92 Å². The van der Waals surface area contributed by atoms with E-state index < -0.39 is 0 Å². The fourth-order valence-electron chi connectivity index (χ4n) is 2.23. The van der Waals surface area contributed by atoms with Crippen LogP contribution in [0.3, 0.4) is 0 Å². The van der Waals surface area contributed by atoms with E-state index in [0.29, 0.717) is 12.0 Å². The Labute approximate surface area is 110 Å². The molecule has 0 aromatic carbocycles. The van der Waals surface area contributed by atoms with Crippen molar-refractivity contribution in [1.82, 2.24) is 14.7 Å². The van der Waals surface area contributed by atoms with Crippen molar-refractivity contribution in [1.29, 1.82) is 0 Å². The van der Waals surface area contributed by atoms with Gasteiger partial charge < -0.3 is 5.73 Å². The topological polar surface area (TPSA) is 47.1 Å². The molecule has 2 heterocycles. The molecule has 98 valence electrons. The van der Waals surface area contributed by atoms with Gasteiger partial charge in [0.05, 0.1) is 5.69 Å². The first-order valence-corrected chi connectivity index (χ1v) is 6.15. The van der Waals surface area contributed by atoms with Crippen molar-refractivity contribution >= 4 is 12.4 Å². The second kappa shape index (κ2) is 6.38. The van der Waals surface area contributed by atoms with Gasteiger partial charge in [0, 0.05) is 25.3 Å². The van der Waals surface area contributed by atoms with E-state index in [4.69, 9.17) is 5.73 Å². The molecule has 0 spiro atoms. The summed E-state index contributed by atoms with van der Waals surface area (Å²) in [7, 11) is 0. The van der Waals surface area contributed by atoms with Gasteiger partial charge in [-0.05, 0) is 45.3 Å². The molecule has 0 aliphatic carbocycles. The van der Waals surface area contributed by atoms with E-state index in [0.717, 1.165) is 26.2 Å². The van der Waals surface area contributed by atoms with E-state index >= 15 is 0 Å². The van der Waals surface area contributed by atoms with Crippen LogP contribution < -0.4 is 5.73 Å². The lowest BCUT2D eigenvalue weighted by atomic mass is 10.1. The Balaban J connectivity index is 0.00000144. The fraction of sp³-hybridized carbons (Fsp3) is 0.750. The molecule has 17 heavy (non-hydrogen) atoms. The summed E-state index contributed by atoms with van der Waals surface area (Å²) in [5.74, 6) is 0.687. The third kappa shape index (κ3) is 3.69. The Bertz CT molecular complexity index is 337. The Hall–Kier alpha value is -0.580. The largest absolute Gasteiger partial charge is 0.330 e. The first-order valence-electron chi connectivity index (χ1n) is 6.15. The highest BCUT2D eigenvalue weighted by Gasteiger charge is 2.21. The van der Waals surface area contributed by atoms with E-state index in [1.165, 1.54) is 12.1 Å². The lowest BCUT2D eigenvalue weighted by Crippen LogP contribution is -2.23. The van der Waals surface area contributed by atoms with Gasteiger partial charge in [0.15, 0.2) is 0 Å². The molecule has 1 aromatic rings. The minimum Gasteiger partial charge on any atom is -0.330 e. The van der Waals surface area contributed by atoms with E-state index in [-0.39, 0.29) is 12.4 Å². The highest BCUT2D eigenvalue weighted by atomic mass is 35.5. The number of likely N-dealkylation sites (tertiary alicyclic amines) is 1. The molecule has 1 aromatic heterocycles. The van der Waals surface area contributed by atoms with Crippen LogP contribution in [0.2, 0.25) is 0 Å². The zero-order chi connectivity index (χ0) is 11.5. The molecule has 1 fully saturated rings. The Kier molecular flexibility index (Phi) is 5.43. The molecule has 0 amide bonds. The average Bonchev–Trinajstić information content (AvgIpc) is 2.87. The molecule has 2 N–H and O–H groups in total. The number of hydrogen-bond donors (Lipinski definition) is 1. The molecule has 2 rings (SSSR count). The second-order valence-electron chi connectivity index (χ2n) is 5.01. The van der Waals surface area contributed by atoms with Crippen LogP contribution in [0.1, 0.15) is 32.0 Å². The zero-order valence-electron chi connectivity index (χ0n) is 10.7. The van der Waals surface area contributed by atoms with E-state index in [1.54, 1.807) is 0 Å². The summed E-state index contributed by atoms with van der Waals surface area (Å²) < 4.78 is 2.02. The summed E-state index contributed by atoms with van der Waals surface area (Å²) in [5, 5.41) is 4.57. The predicted molar refractivity (Wildman–Crippen MR) is 72.3 cm³/mol. The molecule has 0 bridgehead atoms. The van der Waals surface area contributed by atoms with Crippen LogP contribution in [0.15, 0.2) is 12.3 Å². The van der Waals surface area contributed by atoms with Gasteiger partial charge in [-0.3, -0.25) is 9.58 Å². The lowest BCUT2D eigenvalue weighted by Gasteiger charge is -2.13. The number of hydrogen-bond acceptors (Lipinski definition) is 3. The van der Waals surface area contributed by atoms with Gasteiger partial charge in [-0.15, -0.1) is 12.4 Å². The van der Waals surface area contributed by atoms with Crippen molar-refractivity contribution in [3.8, 4) is 0 Å². The highest BCUT2D eigenvalue weighted by molar-refractivity contribution is 5.85. The van der Waals surface area contributed by atoms with Crippen LogP contribution >= 0.6 is 12.4 Å². The monoisotopic (exact) mass is 258 g/mol. The minimum atomic E-state index is 0. The van der Waals surface area contributed by atoms with Crippen molar-refractivity contribution in [2.75, 3.05) is 19.6 Å². The highest BCUT2D eigenvalue weighted by Crippen LogP contribution is 2.17. The smallest absolute Gasteiger partial charge is 0.0764 e. The third-order valence-corrected chi connectivity index (χ3v) is 3.28. The molecule has 4 nitrogen and oxygen atoms in total. The molecular formula is C12H23ClN4. The number of nitrogens with two attached hydrogens (primary N) is 1. The maximum atomic E-state index is 5.69. The van der Waals surface area contributed by atoms with Crippen molar-refractivity contribution in [2.24, 2.45) is 11.7 Å². The molecule has 1 saturated heterocycles. The molecule has 1 unspecified atom stereocenters. The molecule has 0 radical (unpaired) electrons. The molecule has 0 saturated carbocycles. The van der Waals surface area contributed by atoms with Gasteiger partial charge >= 0.3 is 0 Å². The fourth-order valence-corrected chi connectivity index (χ4v) is 2.23. The molecule has 5 heteroatoms. The van der Waals surface area contributed by atoms with Gasteiger partial charge in [-0.2, -0.15) is 5.10 Å². The van der Waals surface area contributed by atoms with Crippen LogP contribution in [0.25, 0.3) is 0 Å². The normalized spacial score (nSPS) is 20.8. The Morgan fingerprint density at radius 2 is 2.29 bits per heavy atom. The summed E-state index contributed by atoms with van der Waals surface area (Å²) in [6.45, 7) is 8.38. The number of halogens is 1. The zero-order valence-corrected chi connectivity index (χ0v) is 11.5. The van der Waals surface area contributed by atoms with Gasteiger partial charge in [0.2, 0.25) is 0 Å². The van der Waals surface area contributed by atoms with Gasteiger partial charge in [0.1, 0.15) is 0 Å². The lowest BCUT2D eigenvalue weighted by molar-refractivity contribution is 0.312. The van der Waals surface area contributed by atoms with Crippen molar-refractivity contribution in [3.63, 3.8) is 0 Å². The first-order chi connectivity index (χ1) is 7.69. The Morgan fingerprint density at radius 1 is 1.53 bits per heavy atom. The molecule has 1 aliphatic rings. The third-order valence-electron chi connectivity index (χ3n) is 3.28. The van der Waals surface area contributed by atoms with Gasteiger partial charge in [-0.1, -0.05) is 0 Å². The summed E-state index contributed by atoms with van der Waals surface area (Å²) in [4.78, 5) is 2.45. The van der Waals surface area contributed by atoms with Gasteiger partial charge in [0.25, 0.3) is 0 Å². The van der Waals surface area contributed by atoms with Crippen molar-refractivity contribution in [3.05, 3.63) is 18.0 Å². The second-order valence-corrected chi connectivity index (χ2v) is 5.01. The number of aromatic nitrogens is 2. The summed E-state index contributed by atoms with van der Waals surface area (Å²) in [6.07, 6.45) is 3.30. The van der Waals surface area contributed by atoms with Gasteiger partial charge in [-0.25, -0.2) is 0 Å². The van der Waals surface area contributed by atoms with Crippen LogP contribution in [-0.2, 0) is 6.54 Å². The van der Waals surface area contributed by atoms with E-state index in [2.05, 4.69) is 36.1 Å². The number of rotatable bonds is 4. The standard InChI is InChI=1S/C12H22N4.ClH/c1-10(2)16-6-4-12(14-16)9-15-5-3-11(7-13)8-15;/h4,6,10-11H,3,5,7-9,13H2,1-2H3;1H. The molecule has 1 atom stereocenters. The predicted octanol–water partition coefficient (Wildman–Crippen LogP) is 1.67. The first kappa shape index (κ1) is 14.5. The maximum absolute atomic E-state index is 5.69. The Morgan fingerprint density at radius 3 is 2.82 bits per heavy atom. The SMILES string of the molecule is CC(C)n1ccc(CN2CCC(CN)C2)n1.Cl. The van der Waals surface area contributed by atoms with Crippen LogP contribution in [0.4, 0.5) is 0 Å². The molecule has 1 aliphatic heterocycles.